The summed E-state index contributed by atoms with van der Waals surface area (Å²) in [4.78, 5) is 4.21. The van der Waals surface area contributed by atoms with Gasteiger partial charge in [-0.1, -0.05) is 29.8 Å². The molecule has 0 N–H and O–H groups in total. The van der Waals surface area contributed by atoms with Crippen molar-refractivity contribution in [2.24, 2.45) is 4.99 Å². The molecule has 1 aromatic rings. The highest BCUT2D eigenvalue weighted by molar-refractivity contribution is 5.82. The minimum absolute atomic E-state index is 1.02. The molecule has 0 radical (unpaired) electrons. The molecule has 0 atom stereocenters. The highest BCUT2D eigenvalue weighted by Crippen LogP contribution is 2.14. The van der Waals surface area contributed by atoms with Gasteiger partial charge in [0.1, 0.15) is 0 Å². The summed E-state index contributed by atoms with van der Waals surface area (Å²) in [7, 11) is 0. The van der Waals surface area contributed by atoms with Crippen LogP contribution in [0.15, 0.2) is 41.0 Å². The molecule has 0 saturated carbocycles. The molecule has 2 rings (SSSR count). The smallest absolute Gasteiger partial charge is 0.0343 e. The molecule has 0 spiro atoms. The van der Waals surface area contributed by atoms with Crippen molar-refractivity contribution < 1.29 is 0 Å². The third kappa shape index (κ3) is 1.30. The normalized spacial score (nSPS) is 14.9. The van der Waals surface area contributed by atoms with E-state index in [0.717, 1.165) is 6.42 Å². The van der Waals surface area contributed by atoms with Gasteiger partial charge in [-0.15, -0.1) is 0 Å². The van der Waals surface area contributed by atoms with Crippen LogP contribution in [-0.2, 0) is 6.42 Å². The predicted octanol–water partition coefficient (Wildman–Crippen LogP) is 2.57. The van der Waals surface area contributed by atoms with Crippen LogP contribution in [0, 0.1) is 0 Å². The molecule has 0 aromatic heterocycles. The summed E-state index contributed by atoms with van der Waals surface area (Å²) < 4.78 is 0. The van der Waals surface area contributed by atoms with Gasteiger partial charge in [0.2, 0.25) is 0 Å². The average molecular weight is 157 g/mol. The van der Waals surface area contributed by atoms with Crippen LogP contribution in [-0.4, -0.2) is 6.21 Å². The molecular weight excluding hydrogens is 146 g/mol. The summed E-state index contributed by atoms with van der Waals surface area (Å²) >= 11 is 0. The Bertz CT molecular complexity index is 348. The molecule has 0 aliphatic carbocycles. The zero-order valence-corrected chi connectivity index (χ0v) is 7.12. The standard InChI is InChI=1S/C11H11N/c1-9-6-10-4-2-3-5-11(10)8-12-7-9/h2-5,7-8H,6H2,1H3. The van der Waals surface area contributed by atoms with Gasteiger partial charge in [-0.25, -0.2) is 0 Å². The van der Waals surface area contributed by atoms with Crippen molar-refractivity contribution in [2.75, 3.05) is 0 Å². The minimum atomic E-state index is 1.02. The zero-order valence-electron chi connectivity index (χ0n) is 7.12. The number of hydrogen-bond acceptors (Lipinski definition) is 1. The largest absolute Gasteiger partial charge is 0.264 e. The van der Waals surface area contributed by atoms with Gasteiger partial charge in [-0.2, -0.15) is 0 Å². The van der Waals surface area contributed by atoms with Crippen LogP contribution in [0.3, 0.4) is 0 Å². The summed E-state index contributed by atoms with van der Waals surface area (Å²) in [5, 5.41) is 0. The van der Waals surface area contributed by atoms with Gasteiger partial charge in [0.25, 0.3) is 0 Å². The predicted molar refractivity (Wildman–Crippen MR) is 51.5 cm³/mol. The highest BCUT2D eigenvalue weighted by Gasteiger charge is 2.02. The molecule has 0 fully saturated rings. The summed E-state index contributed by atoms with van der Waals surface area (Å²) in [6, 6.07) is 8.38. The highest BCUT2D eigenvalue weighted by atomic mass is 14.7. The Morgan fingerprint density at radius 1 is 1.25 bits per heavy atom. The molecule has 12 heavy (non-hydrogen) atoms. The van der Waals surface area contributed by atoms with Crippen LogP contribution in [0.1, 0.15) is 18.1 Å². The van der Waals surface area contributed by atoms with E-state index in [4.69, 9.17) is 0 Å². The minimum Gasteiger partial charge on any atom is -0.264 e. The lowest BCUT2D eigenvalue weighted by Crippen LogP contribution is -1.90. The Balaban J connectivity index is 2.49. The Hall–Kier alpha value is -1.37. The summed E-state index contributed by atoms with van der Waals surface area (Å²) in [5.41, 5.74) is 3.93. The molecule has 1 heterocycles. The zero-order chi connectivity index (χ0) is 8.39. The Morgan fingerprint density at radius 2 is 2.08 bits per heavy atom. The second kappa shape index (κ2) is 2.94. The van der Waals surface area contributed by atoms with Gasteiger partial charge in [0.15, 0.2) is 0 Å². The van der Waals surface area contributed by atoms with Crippen LogP contribution in [0.5, 0.6) is 0 Å². The van der Waals surface area contributed by atoms with E-state index in [9.17, 15) is 0 Å². The molecule has 0 bridgehead atoms. The molecule has 1 aromatic carbocycles. The lowest BCUT2D eigenvalue weighted by atomic mass is 10.0. The monoisotopic (exact) mass is 157 g/mol. The lowest BCUT2D eigenvalue weighted by molar-refractivity contribution is 1.14. The fraction of sp³-hybridized carbons (Fsp3) is 0.182. The number of rotatable bonds is 0. The Labute approximate surface area is 72.5 Å². The van der Waals surface area contributed by atoms with E-state index in [-0.39, 0.29) is 0 Å². The quantitative estimate of drug-likeness (QED) is 0.549. The third-order valence-electron chi connectivity index (χ3n) is 2.03. The molecule has 1 aliphatic heterocycles. The van der Waals surface area contributed by atoms with Crippen LogP contribution >= 0.6 is 0 Å². The van der Waals surface area contributed by atoms with E-state index < -0.39 is 0 Å². The van der Waals surface area contributed by atoms with Gasteiger partial charge < -0.3 is 0 Å². The van der Waals surface area contributed by atoms with Crippen molar-refractivity contribution in [3.63, 3.8) is 0 Å². The average Bonchev–Trinajstić information content (AvgIpc) is 2.25. The van der Waals surface area contributed by atoms with Crippen LogP contribution in [0.2, 0.25) is 0 Å². The first-order chi connectivity index (χ1) is 5.86. The topological polar surface area (TPSA) is 12.4 Å². The van der Waals surface area contributed by atoms with Crippen LogP contribution < -0.4 is 0 Å². The molecule has 1 aliphatic rings. The fourth-order valence-corrected chi connectivity index (χ4v) is 1.41. The summed E-state index contributed by atoms with van der Waals surface area (Å²) in [6.45, 7) is 2.11. The fourth-order valence-electron chi connectivity index (χ4n) is 1.41. The lowest BCUT2D eigenvalue weighted by Gasteiger charge is -2.01. The van der Waals surface area contributed by atoms with E-state index in [1.807, 2.05) is 18.5 Å². The second-order valence-corrected chi connectivity index (χ2v) is 3.13. The van der Waals surface area contributed by atoms with E-state index in [1.165, 1.54) is 16.7 Å². The number of hydrogen-bond donors (Lipinski definition) is 0. The number of fused-ring (bicyclic) bond motifs is 1. The molecule has 1 nitrogen and oxygen atoms in total. The molecule has 0 amide bonds. The van der Waals surface area contributed by atoms with Gasteiger partial charge >= 0.3 is 0 Å². The third-order valence-corrected chi connectivity index (χ3v) is 2.03. The van der Waals surface area contributed by atoms with Crippen molar-refractivity contribution >= 4 is 6.21 Å². The maximum Gasteiger partial charge on any atom is 0.0343 e. The maximum absolute atomic E-state index is 4.21. The number of aliphatic imine (C=N–C) groups is 1. The molecule has 0 saturated heterocycles. The van der Waals surface area contributed by atoms with E-state index in [1.54, 1.807) is 0 Å². The summed E-state index contributed by atoms with van der Waals surface area (Å²) in [5.74, 6) is 0. The van der Waals surface area contributed by atoms with Gasteiger partial charge in [-0.3, -0.25) is 4.99 Å². The van der Waals surface area contributed by atoms with E-state index >= 15 is 0 Å². The number of allylic oxidation sites excluding steroid dienone is 1. The van der Waals surface area contributed by atoms with Crippen molar-refractivity contribution in [2.45, 2.75) is 13.3 Å². The number of nitrogens with zero attached hydrogens (tertiary/aromatic N) is 1. The molecule has 60 valence electrons. The van der Waals surface area contributed by atoms with E-state index in [2.05, 4.69) is 30.1 Å². The van der Waals surface area contributed by atoms with Crippen molar-refractivity contribution in [1.29, 1.82) is 0 Å². The van der Waals surface area contributed by atoms with Crippen molar-refractivity contribution in [3.05, 3.63) is 47.2 Å². The second-order valence-electron chi connectivity index (χ2n) is 3.13. The SMILES string of the molecule is CC1=CN=Cc2ccccc2C1. The van der Waals surface area contributed by atoms with E-state index in [0.29, 0.717) is 0 Å². The summed E-state index contributed by atoms with van der Waals surface area (Å²) in [6.07, 6.45) is 4.88. The molecule has 0 unspecified atom stereocenters. The Kier molecular flexibility index (Phi) is 1.78. The number of benzene rings is 1. The Morgan fingerprint density at radius 3 is 3.00 bits per heavy atom. The van der Waals surface area contributed by atoms with Crippen molar-refractivity contribution in [3.8, 4) is 0 Å². The van der Waals surface area contributed by atoms with Gasteiger partial charge in [-0.05, 0) is 24.5 Å². The van der Waals surface area contributed by atoms with Gasteiger partial charge in [0.05, 0.1) is 0 Å². The molecular formula is C11H11N. The van der Waals surface area contributed by atoms with Crippen LogP contribution in [0.25, 0.3) is 0 Å². The van der Waals surface area contributed by atoms with Gasteiger partial charge in [0, 0.05) is 12.4 Å². The molecule has 1 heteroatoms. The first-order valence-corrected chi connectivity index (χ1v) is 4.13. The van der Waals surface area contributed by atoms with Crippen LogP contribution in [0.4, 0.5) is 0 Å². The first-order valence-electron chi connectivity index (χ1n) is 4.13. The first kappa shape index (κ1) is 7.29. The van der Waals surface area contributed by atoms with Crippen molar-refractivity contribution in [1.82, 2.24) is 0 Å². The maximum atomic E-state index is 4.21.